The summed E-state index contributed by atoms with van der Waals surface area (Å²) in [5, 5.41) is 5.03. The van der Waals surface area contributed by atoms with E-state index in [0.717, 1.165) is 50.7 Å². The summed E-state index contributed by atoms with van der Waals surface area (Å²) in [5.41, 5.74) is 18.0. The van der Waals surface area contributed by atoms with Crippen molar-refractivity contribution < 1.29 is 0 Å². The number of hydrogen-bond acceptors (Lipinski definition) is 2. The summed E-state index contributed by atoms with van der Waals surface area (Å²) in [6.45, 7) is 18.0. The summed E-state index contributed by atoms with van der Waals surface area (Å²) in [4.78, 5) is 10.6. The molecule has 4 nitrogen and oxygen atoms in total. The molecule has 0 atom stereocenters. The van der Waals surface area contributed by atoms with Gasteiger partial charge < -0.3 is 9.13 Å². The van der Waals surface area contributed by atoms with E-state index in [9.17, 15) is 0 Å². The third-order valence-electron chi connectivity index (χ3n) is 12.3. The largest absolute Gasteiger partial charge is 0.309 e. The highest BCUT2D eigenvalue weighted by molar-refractivity contribution is 6.10. The lowest BCUT2D eigenvalue weighted by Gasteiger charge is -2.26. The number of aryl methyl sites for hydroxylation is 2. The molecule has 0 aliphatic carbocycles. The van der Waals surface area contributed by atoms with Crippen molar-refractivity contribution in [2.45, 2.75) is 66.2 Å². The smallest absolute Gasteiger partial charge is 0.0729 e. The van der Waals surface area contributed by atoms with Crippen LogP contribution in [-0.2, 0) is 10.8 Å². The molecule has 0 bridgehead atoms. The molecule has 10 aromatic rings. The van der Waals surface area contributed by atoms with Crippen molar-refractivity contribution in [3.63, 3.8) is 0 Å². The number of nitrogens with zero attached hydrogens (tertiary/aromatic N) is 4. The average molecular weight is 779 g/mol. The predicted octanol–water partition coefficient (Wildman–Crippen LogP) is 14.9. The van der Waals surface area contributed by atoms with Crippen molar-refractivity contribution >= 4 is 43.6 Å². The van der Waals surface area contributed by atoms with Crippen molar-refractivity contribution in [3.8, 4) is 45.0 Å². The zero-order valence-corrected chi connectivity index (χ0v) is 35.8. The summed E-state index contributed by atoms with van der Waals surface area (Å²) in [6, 6.07) is 55.4. The van der Waals surface area contributed by atoms with Crippen LogP contribution in [0, 0.1) is 13.8 Å². The van der Waals surface area contributed by atoms with E-state index in [1.807, 2.05) is 6.20 Å². The Morgan fingerprint density at radius 2 is 1.05 bits per heavy atom. The van der Waals surface area contributed by atoms with E-state index in [4.69, 9.17) is 9.97 Å². The van der Waals surface area contributed by atoms with Crippen molar-refractivity contribution in [3.05, 3.63) is 180 Å². The molecule has 4 aromatic heterocycles. The highest BCUT2D eigenvalue weighted by Gasteiger charge is 2.26. The van der Waals surface area contributed by atoms with E-state index in [2.05, 4.69) is 216 Å². The van der Waals surface area contributed by atoms with Gasteiger partial charge in [0.1, 0.15) is 0 Å². The van der Waals surface area contributed by atoms with Crippen LogP contribution in [0.5, 0.6) is 0 Å². The second kappa shape index (κ2) is 13.9. The van der Waals surface area contributed by atoms with Gasteiger partial charge in [-0.25, -0.2) is 0 Å². The van der Waals surface area contributed by atoms with Gasteiger partial charge in [-0.15, -0.1) is 0 Å². The maximum atomic E-state index is 5.40. The van der Waals surface area contributed by atoms with Crippen LogP contribution in [0.25, 0.3) is 88.6 Å². The number of rotatable bonds is 5. The Hall–Kier alpha value is -6.78. The molecular weight excluding hydrogens is 729 g/mol. The van der Waals surface area contributed by atoms with Crippen LogP contribution in [0.15, 0.2) is 158 Å². The van der Waals surface area contributed by atoms with Crippen molar-refractivity contribution in [2.75, 3.05) is 0 Å². The van der Waals surface area contributed by atoms with Gasteiger partial charge in [0, 0.05) is 61.4 Å². The van der Waals surface area contributed by atoms with Crippen molar-refractivity contribution in [2.24, 2.45) is 0 Å². The second-order valence-electron chi connectivity index (χ2n) is 18.4. The summed E-state index contributed by atoms with van der Waals surface area (Å²) in [7, 11) is 0. The van der Waals surface area contributed by atoms with E-state index in [-0.39, 0.29) is 10.8 Å². The molecule has 0 unspecified atom stereocenters. The number of aromatic nitrogens is 4. The minimum absolute atomic E-state index is 0.0794. The van der Waals surface area contributed by atoms with Crippen molar-refractivity contribution in [1.82, 2.24) is 19.1 Å². The average Bonchev–Trinajstić information content (AvgIpc) is 3.75. The van der Waals surface area contributed by atoms with Gasteiger partial charge >= 0.3 is 0 Å². The molecule has 0 saturated heterocycles. The minimum Gasteiger partial charge on any atom is -0.309 e. The van der Waals surface area contributed by atoms with Crippen LogP contribution < -0.4 is 0 Å². The number of hydrogen-bond donors (Lipinski definition) is 0. The molecule has 0 saturated carbocycles. The van der Waals surface area contributed by atoms with Gasteiger partial charge in [-0.05, 0) is 96.5 Å². The number of para-hydroxylation sites is 3. The lowest BCUT2D eigenvalue weighted by molar-refractivity contribution is 0.591. The third-order valence-corrected chi connectivity index (χ3v) is 12.3. The van der Waals surface area contributed by atoms with E-state index in [1.54, 1.807) is 0 Å². The van der Waals surface area contributed by atoms with Gasteiger partial charge in [-0.3, -0.25) is 9.97 Å². The Kier molecular flexibility index (Phi) is 8.69. The molecule has 0 fully saturated rings. The van der Waals surface area contributed by atoms with Gasteiger partial charge in [0.2, 0.25) is 0 Å². The first-order valence-corrected chi connectivity index (χ1v) is 21.1. The molecule has 0 radical (unpaired) electrons. The van der Waals surface area contributed by atoms with E-state index in [1.165, 1.54) is 60.3 Å². The Bertz CT molecular complexity index is 3240. The fourth-order valence-electron chi connectivity index (χ4n) is 9.42. The van der Waals surface area contributed by atoms with Gasteiger partial charge in [-0.2, -0.15) is 0 Å². The maximum Gasteiger partial charge on any atom is 0.0729 e. The number of benzene rings is 6. The van der Waals surface area contributed by atoms with Crippen LogP contribution in [0.1, 0.15) is 63.9 Å². The number of pyridine rings is 2. The first-order valence-electron chi connectivity index (χ1n) is 21.1. The Morgan fingerprint density at radius 3 is 1.67 bits per heavy atom. The van der Waals surface area contributed by atoms with Crippen LogP contribution in [0.3, 0.4) is 0 Å². The monoisotopic (exact) mass is 778 g/mol. The predicted molar refractivity (Wildman–Crippen MR) is 254 cm³/mol. The molecule has 4 heterocycles. The maximum absolute atomic E-state index is 5.40. The molecule has 0 amide bonds. The molecular formula is C56H50N4. The molecule has 0 spiro atoms. The lowest BCUT2D eigenvalue weighted by Crippen LogP contribution is -2.15. The molecule has 60 heavy (non-hydrogen) atoms. The fraction of sp³-hybridized carbons (Fsp3) is 0.179. The fourth-order valence-corrected chi connectivity index (χ4v) is 9.42. The van der Waals surface area contributed by atoms with Crippen LogP contribution >= 0.6 is 0 Å². The molecule has 10 rings (SSSR count). The lowest BCUT2D eigenvalue weighted by atomic mass is 9.82. The summed E-state index contributed by atoms with van der Waals surface area (Å²) >= 11 is 0. The summed E-state index contributed by atoms with van der Waals surface area (Å²) in [5.74, 6) is 0. The quantitative estimate of drug-likeness (QED) is 0.174. The Labute approximate surface area is 352 Å². The van der Waals surface area contributed by atoms with Crippen LogP contribution in [-0.4, -0.2) is 19.1 Å². The standard InChI is InChI=1S/C56H50N4/c1-35-24-31-52-43(32-35)42-18-11-12-20-49(42)59(52)38-26-28-45(55(3,4)5)44(33-38)47-29-25-37(34-57-47)39-27-30-48(58-36(39)2)54-46(56(6,7)8)19-15-23-53(54)60-50-21-13-9-16-40(50)41-17-10-14-22-51(41)60/h9-34H,1-8H3. The zero-order chi connectivity index (χ0) is 41.5. The summed E-state index contributed by atoms with van der Waals surface area (Å²) in [6.07, 6.45) is 2.02. The normalized spacial score (nSPS) is 12.3. The Balaban J connectivity index is 1.07. The van der Waals surface area contributed by atoms with Crippen molar-refractivity contribution in [1.29, 1.82) is 0 Å². The van der Waals surface area contributed by atoms with Gasteiger partial charge in [0.05, 0.1) is 39.1 Å². The van der Waals surface area contributed by atoms with E-state index in [0.29, 0.717) is 0 Å². The minimum atomic E-state index is -0.109. The molecule has 4 heteroatoms. The highest BCUT2D eigenvalue weighted by atomic mass is 15.0. The van der Waals surface area contributed by atoms with Gasteiger partial charge in [-0.1, -0.05) is 138 Å². The highest BCUT2D eigenvalue weighted by Crippen LogP contribution is 2.42. The molecule has 0 N–H and O–H groups in total. The SMILES string of the molecule is Cc1ccc2c(c1)c1ccccc1n2-c1ccc(C(C)(C)C)c(-c2ccc(-c3ccc(-c4c(-n5c6ccccc6c6ccccc65)cccc4C(C)(C)C)nc3C)cn2)c1. The van der Waals surface area contributed by atoms with Gasteiger partial charge in [0.25, 0.3) is 0 Å². The molecule has 0 aliphatic heterocycles. The van der Waals surface area contributed by atoms with Crippen LogP contribution in [0.2, 0.25) is 0 Å². The summed E-state index contributed by atoms with van der Waals surface area (Å²) < 4.78 is 4.82. The van der Waals surface area contributed by atoms with Crippen LogP contribution in [0.4, 0.5) is 0 Å². The van der Waals surface area contributed by atoms with E-state index < -0.39 is 0 Å². The first kappa shape index (κ1) is 37.5. The first-order chi connectivity index (χ1) is 28.9. The van der Waals surface area contributed by atoms with E-state index >= 15 is 0 Å². The topological polar surface area (TPSA) is 35.6 Å². The third kappa shape index (κ3) is 6.13. The molecule has 294 valence electrons. The Morgan fingerprint density at radius 1 is 0.450 bits per heavy atom. The second-order valence-corrected chi connectivity index (χ2v) is 18.4. The number of fused-ring (bicyclic) bond motifs is 6. The molecule has 0 aliphatic rings. The molecule has 6 aromatic carbocycles. The zero-order valence-electron chi connectivity index (χ0n) is 35.8. The van der Waals surface area contributed by atoms with Gasteiger partial charge in [0.15, 0.2) is 0 Å².